The molecular weight excluding hydrogens is 348 g/mol. The van der Waals surface area contributed by atoms with Gasteiger partial charge in [-0.1, -0.05) is 36.4 Å². The van der Waals surface area contributed by atoms with E-state index < -0.39 is 30.3 Å². The largest absolute Gasteiger partial charge is 0.480 e. The molecule has 0 fully saturated rings. The van der Waals surface area contributed by atoms with Crippen molar-refractivity contribution in [1.29, 1.82) is 0 Å². The normalized spacial score (nSPS) is 11.9. The Kier molecular flexibility index (Phi) is 5.30. The van der Waals surface area contributed by atoms with Crippen LogP contribution in [0.1, 0.15) is 23.7 Å². The highest BCUT2D eigenvalue weighted by Gasteiger charge is 2.26. The number of carbonyl (C=O) groups excluding carboxylic acids is 2. The summed E-state index contributed by atoms with van der Waals surface area (Å²) in [7, 11) is 0. The van der Waals surface area contributed by atoms with Gasteiger partial charge in [0.25, 0.3) is 5.91 Å². The van der Waals surface area contributed by atoms with Crippen LogP contribution in [0.4, 0.5) is 0 Å². The number of benzene rings is 2. The zero-order valence-corrected chi connectivity index (χ0v) is 14.6. The summed E-state index contributed by atoms with van der Waals surface area (Å²) in [4.78, 5) is 40.7. The van der Waals surface area contributed by atoms with Gasteiger partial charge in [0.1, 0.15) is 6.04 Å². The maximum absolute atomic E-state index is 13.0. The van der Waals surface area contributed by atoms with Crippen molar-refractivity contribution in [2.75, 3.05) is 6.61 Å². The van der Waals surface area contributed by atoms with Crippen molar-refractivity contribution in [3.8, 4) is 0 Å². The Hall–Kier alpha value is -3.48. The van der Waals surface area contributed by atoms with Gasteiger partial charge in [-0.05, 0) is 19.1 Å². The lowest BCUT2D eigenvalue weighted by molar-refractivity contribution is -0.149. The maximum atomic E-state index is 13.0. The topological polar surface area (TPSA) is 106 Å². The van der Waals surface area contributed by atoms with Gasteiger partial charge in [0.2, 0.25) is 0 Å². The van der Waals surface area contributed by atoms with Gasteiger partial charge in [-0.3, -0.25) is 9.59 Å². The number of aromatic nitrogens is 1. The van der Waals surface area contributed by atoms with E-state index in [1.807, 2.05) is 12.1 Å². The molecule has 27 heavy (non-hydrogen) atoms. The second-order valence-electron chi connectivity index (χ2n) is 5.89. The van der Waals surface area contributed by atoms with Crippen LogP contribution in [0.3, 0.4) is 0 Å². The molecule has 0 bridgehead atoms. The van der Waals surface area contributed by atoms with Crippen molar-refractivity contribution >= 4 is 39.7 Å². The number of carboxylic acid groups (broad SMARTS) is 1. The fraction of sp³-hybridized carbons (Fsp3) is 0.200. The van der Waals surface area contributed by atoms with E-state index in [-0.39, 0.29) is 6.61 Å². The number of ether oxygens (including phenoxy) is 1. The van der Waals surface area contributed by atoms with Gasteiger partial charge < -0.3 is 15.2 Å². The van der Waals surface area contributed by atoms with Crippen LogP contribution in [-0.4, -0.2) is 40.6 Å². The smallest absolute Gasteiger partial charge is 0.326 e. The Balaban J connectivity index is 2.03. The molecule has 1 heterocycles. The highest BCUT2D eigenvalue weighted by molar-refractivity contribution is 6.16. The maximum Gasteiger partial charge on any atom is 0.326 e. The molecule has 3 aromatic rings. The number of hydrogen-bond acceptors (Lipinski definition) is 5. The number of pyridine rings is 1. The van der Waals surface area contributed by atoms with Gasteiger partial charge in [0, 0.05) is 10.8 Å². The van der Waals surface area contributed by atoms with Crippen molar-refractivity contribution in [1.82, 2.24) is 10.3 Å². The first-order valence-electron chi connectivity index (χ1n) is 8.48. The number of aliphatic carboxylic acids is 1. The van der Waals surface area contributed by atoms with Crippen LogP contribution in [-0.2, 0) is 14.3 Å². The van der Waals surface area contributed by atoms with Crippen molar-refractivity contribution < 1.29 is 24.2 Å². The standard InChI is InChI=1S/C20H18N2O5/c1-2-27-17(23)11-16(20(25)26)22-19(24)18-12-7-3-5-9-14(12)21-15-10-6-4-8-13(15)18/h3-10,16H,2,11H2,1H3,(H,22,24)(H,25,26)/t16-/m0/s1. The first-order valence-corrected chi connectivity index (χ1v) is 8.48. The molecule has 1 atom stereocenters. The summed E-state index contributed by atoms with van der Waals surface area (Å²) in [6.45, 7) is 1.76. The van der Waals surface area contributed by atoms with E-state index in [0.717, 1.165) is 0 Å². The van der Waals surface area contributed by atoms with Gasteiger partial charge in [-0.15, -0.1) is 0 Å². The Morgan fingerprint density at radius 2 is 1.59 bits per heavy atom. The summed E-state index contributed by atoms with van der Waals surface area (Å²) in [6, 6.07) is 12.9. The van der Waals surface area contributed by atoms with Crippen LogP contribution in [0.15, 0.2) is 48.5 Å². The number of esters is 1. The van der Waals surface area contributed by atoms with Gasteiger partial charge in [0.15, 0.2) is 0 Å². The summed E-state index contributed by atoms with van der Waals surface area (Å²) >= 11 is 0. The van der Waals surface area contributed by atoms with E-state index in [9.17, 15) is 19.5 Å². The van der Waals surface area contributed by atoms with Crippen LogP contribution in [0, 0.1) is 0 Å². The van der Waals surface area contributed by atoms with Crippen LogP contribution in [0.5, 0.6) is 0 Å². The second-order valence-corrected chi connectivity index (χ2v) is 5.89. The molecule has 0 saturated carbocycles. The van der Waals surface area contributed by atoms with Gasteiger partial charge in [-0.2, -0.15) is 0 Å². The quantitative estimate of drug-likeness (QED) is 0.513. The van der Waals surface area contributed by atoms with E-state index in [1.165, 1.54) is 0 Å². The predicted octanol–water partition coefficient (Wildman–Crippen LogP) is 2.52. The van der Waals surface area contributed by atoms with E-state index in [0.29, 0.717) is 27.4 Å². The molecular formula is C20H18N2O5. The highest BCUT2D eigenvalue weighted by atomic mass is 16.5. The molecule has 0 spiro atoms. The molecule has 0 aliphatic carbocycles. The molecule has 3 rings (SSSR count). The fourth-order valence-electron chi connectivity index (χ4n) is 2.90. The van der Waals surface area contributed by atoms with Gasteiger partial charge in [-0.25, -0.2) is 9.78 Å². The van der Waals surface area contributed by atoms with Crippen molar-refractivity contribution in [3.63, 3.8) is 0 Å². The summed E-state index contributed by atoms with van der Waals surface area (Å²) < 4.78 is 4.79. The Labute approximate surface area is 155 Å². The fourth-order valence-corrected chi connectivity index (χ4v) is 2.90. The zero-order valence-electron chi connectivity index (χ0n) is 14.6. The first-order chi connectivity index (χ1) is 13.0. The molecule has 0 aliphatic rings. The molecule has 138 valence electrons. The molecule has 0 radical (unpaired) electrons. The number of para-hydroxylation sites is 2. The molecule has 1 amide bonds. The average molecular weight is 366 g/mol. The number of rotatable bonds is 6. The predicted molar refractivity (Wildman–Crippen MR) is 99.4 cm³/mol. The lowest BCUT2D eigenvalue weighted by Crippen LogP contribution is -2.42. The summed E-state index contributed by atoms with van der Waals surface area (Å²) in [6.07, 6.45) is -0.449. The number of nitrogens with zero attached hydrogens (tertiary/aromatic N) is 1. The lowest BCUT2D eigenvalue weighted by Gasteiger charge is -2.16. The minimum atomic E-state index is -1.39. The van der Waals surface area contributed by atoms with Crippen LogP contribution < -0.4 is 5.32 Å². The average Bonchev–Trinajstić information content (AvgIpc) is 2.65. The third-order valence-electron chi connectivity index (χ3n) is 4.09. The zero-order chi connectivity index (χ0) is 19.4. The number of amides is 1. The van der Waals surface area contributed by atoms with Crippen molar-refractivity contribution in [2.24, 2.45) is 0 Å². The lowest BCUT2D eigenvalue weighted by atomic mass is 10.0. The number of fused-ring (bicyclic) bond motifs is 2. The van der Waals surface area contributed by atoms with Gasteiger partial charge in [0.05, 0.1) is 29.6 Å². The Morgan fingerprint density at radius 3 is 2.11 bits per heavy atom. The minimum Gasteiger partial charge on any atom is -0.480 e. The first kappa shape index (κ1) is 18.3. The molecule has 0 aliphatic heterocycles. The summed E-state index contributed by atoms with van der Waals surface area (Å²) in [5, 5.41) is 13.0. The van der Waals surface area contributed by atoms with Crippen LogP contribution in [0.2, 0.25) is 0 Å². The van der Waals surface area contributed by atoms with Crippen molar-refractivity contribution in [2.45, 2.75) is 19.4 Å². The van der Waals surface area contributed by atoms with Crippen molar-refractivity contribution in [3.05, 3.63) is 54.1 Å². The van der Waals surface area contributed by atoms with Gasteiger partial charge >= 0.3 is 11.9 Å². The molecule has 0 saturated heterocycles. The number of carbonyl (C=O) groups is 3. The number of hydrogen-bond donors (Lipinski definition) is 2. The van der Waals surface area contributed by atoms with E-state index in [4.69, 9.17) is 4.74 Å². The SMILES string of the molecule is CCOC(=O)C[C@H](NC(=O)c1c2ccccc2nc2ccccc12)C(=O)O. The Bertz CT molecular complexity index is 977. The van der Waals surface area contributed by atoms with Crippen LogP contribution in [0.25, 0.3) is 21.8 Å². The third-order valence-corrected chi connectivity index (χ3v) is 4.09. The third kappa shape index (κ3) is 3.87. The molecule has 0 unspecified atom stereocenters. The summed E-state index contributed by atoms with van der Waals surface area (Å²) in [5.74, 6) is -2.57. The van der Waals surface area contributed by atoms with E-state index in [2.05, 4.69) is 10.3 Å². The summed E-state index contributed by atoms with van der Waals surface area (Å²) in [5.41, 5.74) is 1.57. The van der Waals surface area contributed by atoms with E-state index in [1.54, 1.807) is 43.3 Å². The minimum absolute atomic E-state index is 0.138. The van der Waals surface area contributed by atoms with E-state index >= 15 is 0 Å². The molecule has 2 aromatic carbocycles. The van der Waals surface area contributed by atoms with Crippen LogP contribution >= 0.6 is 0 Å². The number of nitrogens with one attached hydrogen (secondary N) is 1. The molecule has 2 N–H and O–H groups in total. The Morgan fingerprint density at radius 1 is 1.04 bits per heavy atom. The molecule has 7 heteroatoms. The molecule has 7 nitrogen and oxygen atoms in total. The second kappa shape index (κ2) is 7.82. The molecule has 1 aromatic heterocycles. The highest BCUT2D eigenvalue weighted by Crippen LogP contribution is 2.26. The number of carboxylic acids is 1. The monoisotopic (exact) mass is 366 g/mol.